The summed E-state index contributed by atoms with van der Waals surface area (Å²) in [6.45, 7) is 0. The van der Waals surface area contributed by atoms with E-state index in [1.165, 1.54) is 10.5 Å². The SMILES string of the molecule is O=c1[nH]nc(SCc2cc(=O)n3ccccc3n2)c(=O)[nH]1. The van der Waals surface area contributed by atoms with E-state index < -0.39 is 11.2 Å². The summed E-state index contributed by atoms with van der Waals surface area (Å²) in [5.41, 5.74) is -0.361. The summed E-state index contributed by atoms with van der Waals surface area (Å²) in [6.07, 6.45) is 1.63. The number of aromatic nitrogens is 5. The van der Waals surface area contributed by atoms with Gasteiger partial charge in [0.1, 0.15) is 5.65 Å². The Morgan fingerprint density at radius 1 is 1.24 bits per heavy atom. The van der Waals surface area contributed by atoms with Crippen molar-refractivity contribution >= 4 is 17.4 Å². The molecule has 21 heavy (non-hydrogen) atoms. The van der Waals surface area contributed by atoms with Gasteiger partial charge in [0.25, 0.3) is 11.1 Å². The van der Waals surface area contributed by atoms with Crippen molar-refractivity contribution in [3.63, 3.8) is 0 Å². The summed E-state index contributed by atoms with van der Waals surface area (Å²) < 4.78 is 1.43. The lowest BCUT2D eigenvalue weighted by Gasteiger charge is -2.03. The fourth-order valence-corrected chi connectivity index (χ4v) is 2.48. The van der Waals surface area contributed by atoms with Gasteiger partial charge in [0.2, 0.25) is 0 Å². The lowest BCUT2D eigenvalue weighted by atomic mass is 10.4. The molecule has 0 bridgehead atoms. The normalized spacial score (nSPS) is 10.9. The van der Waals surface area contributed by atoms with Gasteiger partial charge in [-0.1, -0.05) is 17.8 Å². The highest BCUT2D eigenvalue weighted by atomic mass is 32.2. The Morgan fingerprint density at radius 2 is 2.10 bits per heavy atom. The predicted octanol–water partition coefficient (Wildman–Crippen LogP) is -0.242. The molecule has 0 atom stereocenters. The van der Waals surface area contributed by atoms with Crippen LogP contribution < -0.4 is 16.8 Å². The third-order valence-electron chi connectivity index (χ3n) is 2.66. The van der Waals surface area contributed by atoms with Gasteiger partial charge in [0.05, 0.1) is 5.69 Å². The zero-order chi connectivity index (χ0) is 14.8. The molecule has 3 heterocycles. The first-order valence-electron chi connectivity index (χ1n) is 5.92. The van der Waals surface area contributed by atoms with Crippen molar-refractivity contribution in [2.24, 2.45) is 0 Å². The molecule has 9 heteroatoms. The van der Waals surface area contributed by atoms with E-state index in [9.17, 15) is 14.4 Å². The standard InChI is InChI=1S/C12H9N5O3S/c18-9-5-7(13-8-3-1-2-4-17(8)9)6-21-11-10(19)14-12(20)16-15-11/h1-5H,6H2,(H2,14,16,19,20). The third-order valence-corrected chi connectivity index (χ3v) is 3.65. The van der Waals surface area contributed by atoms with Crippen molar-refractivity contribution < 1.29 is 0 Å². The highest BCUT2D eigenvalue weighted by Crippen LogP contribution is 2.14. The summed E-state index contributed by atoms with van der Waals surface area (Å²) in [5, 5.41) is 5.91. The minimum Gasteiger partial charge on any atom is -0.271 e. The Labute approximate surface area is 120 Å². The van der Waals surface area contributed by atoms with Crippen LogP contribution in [0.2, 0.25) is 0 Å². The molecule has 0 radical (unpaired) electrons. The zero-order valence-electron chi connectivity index (χ0n) is 10.6. The van der Waals surface area contributed by atoms with Crippen molar-refractivity contribution in [3.05, 3.63) is 67.3 Å². The van der Waals surface area contributed by atoms with Gasteiger partial charge in [-0.15, -0.1) is 0 Å². The number of nitrogens with zero attached hydrogens (tertiary/aromatic N) is 3. The van der Waals surface area contributed by atoms with Crippen molar-refractivity contribution in [1.82, 2.24) is 24.6 Å². The second-order valence-electron chi connectivity index (χ2n) is 4.12. The number of aromatic amines is 2. The quantitative estimate of drug-likeness (QED) is 0.646. The number of fused-ring (bicyclic) bond motifs is 1. The number of nitrogens with one attached hydrogen (secondary N) is 2. The molecule has 2 N–H and O–H groups in total. The number of thioether (sulfide) groups is 1. The van der Waals surface area contributed by atoms with Gasteiger partial charge in [0.15, 0.2) is 5.03 Å². The Morgan fingerprint density at radius 3 is 2.90 bits per heavy atom. The number of pyridine rings is 1. The van der Waals surface area contributed by atoms with Crippen LogP contribution >= 0.6 is 11.8 Å². The monoisotopic (exact) mass is 303 g/mol. The maximum Gasteiger partial charge on any atom is 0.342 e. The molecule has 0 saturated carbocycles. The van der Waals surface area contributed by atoms with E-state index >= 15 is 0 Å². The van der Waals surface area contributed by atoms with Crippen LogP contribution in [-0.4, -0.2) is 24.6 Å². The minimum atomic E-state index is -0.661. The molecule has 0 aromatic carbocycles. The van der Waals surface area contributed by atoms with Crippen LogP contribution in [0.1, 0.15) is 5.69 Å². The second-order valence-corrected chi connectivity index (χ2v) is 5.08. The molecule has 8 nitrogen and oxygen atoms in total. The largest absolute Gasteiger partial charge is 0.342 e. The summed E-state index contributed by atoms with van der Waals surface area (Å²) in [4.78, 5) is 40.7. The molecule has 0 aliphatic rings. The molecule has 0 aliphatic heterocycles. The molecule has 3 rings (SSSR count). The fraction of sp³-hybridized carbons (Fsp3) is 0.0833. The van der Waals surface area contributed by atoms with E-state index in [-0.39, 0.29) is 10.6 Å². The first-order valence-corrected chi connectivity index (χ1v) is 6.91. The highest BCUT2D eigenvalue weighted by Gasteiger charge is 2.06. The van der Waals surface area contributed by atoms with E-state index in [0.29, 0.717) is 17.1 Å². The molecule has 0 spiro atoms. The molecule has 0 saturated heterocycles. The molecule has 3 aromatic heterocycles. The Hall–Kier alpha value is -2.68. The molecule has 0 fully saturated rings. The summed E-state index contributed by atoms with van der Waals surface area (Å²) in [6, 6.07) is 6.65. The Balaban J connectivity index is 1.90. The minimum absolute atomic E-state index is 0.115. The van der Waals surface area contributed by atoms with Gasteiger partial charge < -0.3 is 0 Å². The smallest absolute Gasteiger partial charge is 0.271 e. The molecule has 3 aromatic rings. The van der Waals surface area contributed by atoms with Crippen LogP contribution in [0.4, 0.5) is 0 Å². The van der Waals surface area contributed by atoms with E-state index in [1.807, 2.05) is 0 Å². The van der Waals surface area contributed by atoms with Crippen LogP contribution in [-0.2, 0) is 5.75 Å². The van der Waals surface area contributed by atoms with E-state index in [0.717, 1.165) is 11.8 Å². The second kappa shape index (κ2) is 5.37. The van der Waals surface area contributed by atoms with Crippen LogP contribution in [0.15, 0.2) is 49.9 Å². The van der Waals surface area contributed by atoms with Crippen molar-refractivity contribution in [2.45, 2.75) is 10.8 Å². The fourth-order valence-electron chi connectivity index (χ4n) is 1.75. The van der Waals surface area contributed by atoms with Crippen molar-refractivity contribution in [3.8, 4) is 0 Å². The van der Waals surface area contributed by atoms with Crippen LogP contribution in [0, 0.1) is 0 Å². The topological polar surface area (TPSA) is 113 Å². The summed E-state index contributed by atoms with van der Waals surface area (Å²) >= 11 is 1.09. The lowest BCUT2D eigenvalue weighted by molar-refractivity contribution is 0.806. The molecular weight excluding hydrogens is 294 g/mol. The van der Waals surface area contributed by atoms with Gasteiger partial charge in [-0.25, -0.2) is 14.9 Å². The van der Waals surface area contributed by atoms with E-state index in [4.69, 9.17) is 0 Å². The van der Waals surface area contributed by atoms with Gasteiger partial charge >= 0.3 is 5.69 Å². The van der Waals surface area contributed by atoms with Crippen molar-refractivity contribution in [2.75, 3.05) is 0 Å². The van der Waals surface area contributed by atoms with Gasteiger partial charge in [-0.05, 0) is 12.1 Å². The maximum absolute atomic E-state index is 11.9. The van der Waals surface area contributed by atoms with Crippen LogP contribution in [0.3, 0.4) is 0 Å². The van der Waals surface area contributed by atoms with Crippen LogP contribution in [0.5, 0.6) is 0 Å². The average Bonchev–Trinajstić information content (AvgIpc) is 2.46. The molecule has 0 amide bonds. The number of rotatable bonds is 3. The summed E-state index contributed by atoms with van der Waals surface area (Å²) in [5.74, 6) is 0.294. The van der Waals surface area contributed by atoms with Crippen LogP contribution in [0.25, 0.3) is 5.65 Å². The molecule has 0 aliphatic carbocycles. The number of hydrogen-bond donors (Lipinski definition) is 2. The zero-order valence-corrected chi connectivity index (χ0v) is 11.4. The number of hydrogen-bond acceptors (Lipinski definition) is 6. The molecular formula is C12H9N5O3S. The first-order chi connectivity index (χ1) is 10.1. The molecule has 106 valence electrons. The molecule has 0 unspecified atom stereocenters. The summed E-state index contributed by atoms with van der Waals surface area (Å²) in [7, 11) is 0. The van der Waals surface area contributed by atoms with Gasteiger partial charge in [-0.3, -0.25) is 19.0 Å². The van der Waals surface area contributed by atoms with Gasteiger partial charge in [0, 0.05) is 18.0 Å². The predicted molar refractivity (Wildman–Crippen MR) is 76.5 cm³/mol. The highest BCUT2D eigenvalue weighted by molar-refractivity contribution is 7.98. The first kappa shape index (κ1) is 13.3. The average molecular weight is 303 g/mol. The Kier molecular flexibility index (Phi) is 3.40. The lowest BCUT2D eigenvalue weighted by Crippen LogP contribution is -2.25. The van der Waals surface area contributed by atoms with E-state index in [2.05, 4.69) is 20.2 Å². The Bertz CT molecular complexity index is 975. The van der Waals surface area contributed by atoms with E-state index in [1.54, 1.807) is 24.4 Å². The van der Waals surface area contributed by atoms with Crippen molar-refractivity contribution in [1.29, 1.82) is 0 Å². The maximum atomic E-state index is 11.9. The third kappa shape index (κ3) is 2.77. The number of H-pyrrole nitrogens is 2. The van der Waals surface area contributed by atoms with Gasteiger partial charge in [-0.2, -0.15) is 5.10 Å².